The Labute approximate surface area is 159 Å². The van der Waals surface area contributed by atoms with Crippen molar-refractivity contribution < 1.29 is 14.3 Å². The van der Waals surface area contributed by atoms with Crippen LogP contribution in [-0.4, -0.2) is 45.4 Å². The topological polar surface area (TPSA) is 104 Å². The summed E-state index contributed by atoms with van der Waals surface area (Å²) in [7, 11) is 2.87. The Morgan fingerprint density at radius 1 is 1.11 bits per heavy atom. The highest BCUT2D eigenvalue weighted by molar-refractivity contribution is 8.15. The van der Waals surface area contributed by atoms with Gasteiger partial charge < -0.3 is 9.47 Å². The first-order valence-electron chi connectivity index (χ1n) is 7.79. The second-order valence-corrected chi connectivity index (χ2v) is 6.02. The van der Waals surface area contributed by atoms with E-state index in [4.69, 9.17) is 9.47 Å². The lowest BCUT2D eigenvalue weighted by Crippen LogP contribution is -2.15. The van der Waals surface area contributed by atoms with Gasteiger partial charge in [-0.25, -0.2) is 4.79 Å². The molecule has 0 atom stereocenters. The molecule has 0 radical (unpaired) electrons. The number of nitrogens with zero attached hydrogens (tertiary/aromatic N) is 5. The van der Waals surface area contributed by atoms with Crippen LogP contribution in [0, 0.1) is 0 Å². The Bertz CT molecular complexity index is 927. The number of hydrogen-bond donors (Lipinski definition) is 1. The van der Waals surface area contributed by atoms with Crippen LogP contribution in [0.2, 0.25) is 0 Å². The molecule has 0 saturated carbocycles. The fraction of sp³-hybridized carbons (Fsp3) is 0.118. The summed E-state index contributed by atoms with van der Waals surface area (Å²) in [5.74, 6) is 0.109. The van der Waals surface area contributed by atoms with Gasteiger partial charge in [0.05, 0.1) is 25.6 Å². The SMILES string of the molecule is COC(=O)/C(=N\Nc1ccc(OC)cc1)Sc1nnnn1-c1ccccc1. The lowest BCUT2D eigenvalue weighted by Gasteiger charge is -2.07. The van der Waals surface area contributed by atoms with Gasteiger partial charge in [0, 0.05) is 0 Å². The summed E-state index contributed by atoms with van der Waals surface area (Å²) in [4.78, 5) is 12.1. The third-order valence-corrected chi connectivity index (χ3v) is 4.25. The van der Waals surface area contributed by atoms with Gasteiger partial charge in [0.2, 0.25) is 10.2 Å². The number of rotatable bonds is 5. The maximum atomic E-state index is 12.1. The number of anilines is 1. The number of aromatic nitrogens is 4. The van der Waals surface area contributed by atoms with Crippen molar-refractivity contribution in [1.29, 1.82) is 0 Å². The predicted octanol–water partition coefficient (Wildman–Crippen LogP) is 2.36. The lowest BCUT2D eigenvalue weighted by molar-refractivity contribution is -0.132. The molecule has 3 rings (SSSR count). The molecule has 1 heterocycles. The highest BCUT2D eigenvalue weighted by Crippen LogP contribution is 2.21. The zero-order valence-corrected chi connectivity index (χ0v) is 15.4. The molecule has 10 heteroatoms. The lowest BCUT2D eigenvalue weighted by atomic mass is 10.3. The van der Waals surface area contributed by atoms with E-state index in [0.29, 0.717) is 16.6 Å². The second kappa shape index (κ2) is 8.81. The number of carbonyl (C=O) groups is 1. The average molecular weight is 384 g/mol. The Balaban J connectivity index is 1.82. The van der Waals surface area contributed by atoms with Crippen LogP contribution in [-0.2, 0) is 9.53 Å². The molecule has 0 bridgehead atoms. The molecule has 9 nitrogen and oxygen atoms in total. The zero-order chi connectivity index (χ0) is 19.1. The Morgan fingerprint density at radius 2 is 1.85 bits per heavy atom. The van der Waals surface area contributed by atoms with Crippen LogP contribution >= 0.6 is 11.8 Å². The van der Waals surface area contributed by atoms with E-state index >= 15 is 0 Å². The summed E-state index contributed by atoms with van der Waals surface area (Å²) in [6.07, 6.45) is 0. The molecule has 0 spiro atoms. The third kappa shape index (κ3) is 4.61. The molecular weight excluding hydrogens is 368 g/mol. The van der Waals surface area contributed by atoms with Gasteiger partial charge in [-0.15, -0.1) is 5.10 Å². The summed E-state index contributed by atoms with van der Waals surface area (Å²) in [6, 6.07) is 16.4. The smallest absolute Gasteiger partial charge is 0.365 e. The van der Waals surface area contributed by atoms with Gasteiger partial charge in [0.25, 0.3) is 0 Å². The Hall–Kier alpha value is -3.40. The van der Waals surface area contributed by atoms with Gasteiger partial charge in [-0.3, -0.25) is 5.43 Å². The monoisotopic (exact) mass is 384 g/mol. The van der Waals surface area contributed by atoms with Gasteiger partial charge in [0.1, 0.15) is 5.75 Å². The van der Waals surface area contributed by atoms with Gasteiger partial charge in [-0.2, -0.15) is 9.78 Å². The first-order chi connectivity index (χ1) is 13.2. The largest absolute Gasteiger partial charge is 0.497 e. The molecule has 1 N–H and O–H groups in total. The van der Waals surface area contributed by atoms with Crippen LogP contribution in [0.15, 0.2) is 64.9 Å². The molecule has 0 amide bonds. The van der Waals surface area contributed by atoms with Crippen LogP contribution in [0.5, 0.6) is 5.75 Å². The Kier molecular flexibility index (Phi) is 6.00. The van der Waals surface area contributed by atoms with Gasteiger partial charge in [-0.05, 0) is 58.6 Å². The van der Waals surface area contributed by atoms with E-state index in [-0.39, 0.29) is 5.04 Å². The number of hydrazone groups is 1. The summed E-state index contributed by atoms with van der Waals surface area (Å²) in [6.45, 7) is 0. The molecule has 0 saturated heterocycles. The first kappa shape index (κ1) is 18.4. The zero-order valence-electron chi connectivity index (χ0n) is 14.6. The number of ether oxygens (including phenoxy) is 2. The van der Waals surface area contributed by atoms with Crippen LogP contribution in [0.4, 0.5) is 5.69 Å². The number of hydrogen-bond acceptors (Lipinski definition) is 9. The molecule has 138 valence electrons. The number of carbonyl (C=O) groups excluding carboxylic acids is 1. The van der Waals surface area contributed by atoms with Gasteiger partial charge in [-0.1, -0.05) is 18.2 Å². The summed E-state index contributed by atoms with van der Waals surface area (Å²) in [5.41, 5.74) is 4.26. The quantitative estimate of drug-likeness (QED) is 0.235. The van der Waals surface area contributed by atoms with Crippen molar-refractivity contribution in [3.8, 4) is 11.4 Å². The maximum absolute atomic E-state index is 12.1. The summed E-state index contributed by atoms with van der Waals surface area (Å²) >= 11 is 0.992. The van der Waals surface area contributed by atoms with E-state index in [1.807, 2.05) is 30.3 Å². The van der Waals surface area contributed by atoms with Crippen LogP contribution in [0.25, 0.3) is 5.69 Å². The number of para-hydroxylation sites is 1. The molecule has 27 heavy (non-hydrogen) atoms. The molecule has 0 aliphatic rings. The van der Waals surface area contributed by atoms with Crippen molar-refractivity contribution >= 4 is 28.5 Å². The van der Waals surface area contributed by atoms with E-state index in [2.05, 4.69) is 26.1 Å². The second-order valence-electron chi connectivity index (χ2n) is 5.06. The molecule has 2 aromatic carbocycles. The van der Waals surface area contributed by atoms with Gasteiger partial charge in [0.15, 0.2) is 0 Å². The predicted molar refractivity (Wildman–Crippen MR) is 101 cm³/mol. The van der Waals surface area contributed by atoms with E-state index < -0.39 is 5.97 Å². The third-order valence-electron chi connectivity index (χ3n) is 3.37. The van der Waals surface area contributed by atoms with Crippen molar-refractivity contribution in [2.24, 2.45) is 5.10 Å². The molecule has 0 unspecified atom stereocenters. The molecule has 0 aliphatic carbocycles. The summed E-state index contributed by atoms with van der Waals surface area (Å²) < 4.78 is 11.4. The minimum atomic E-state index is -0.608. The van der Waals surface area contributed by atoms with E-state index in [1.54, 1.807) is 31.4 Å². The number of tetrazole rings is 1. The molecule has 1 aromatic heterocycles. The minimum absolute atomic E-state index is 0.0558. The fourth-order valence-electron chi connectivity index (χ4n) is 2.04. The number of esters is 1. The molecule has 0 aliphatic heterocycles. The number of benzene rings is 2. The maximum Gasteiger partial charge on any atom is 0.365 e. The fourth-order valence-corrected chi connectivity index (χ4v) is 2.78. The normalized spacial score (nSPS) is 11.1. The molecular formula is C17H16N6O3S. The minimum Gasteiger partial charge on any atom is -0.497 e. The van der Waals surface area contributed by atoms with Crippen molar-refractivity contribution in [3.63, 3.8) is 0 Å². The standard InChI is InChI=1S/C17H16N6O3S/c1-25-14-10-8-12(9-11-14)18-19-15(16(24)26-2)27-17-20-21-22-23(17)13-6-4-3-5-7-13/h3-11,18H,1-2H3/b19-15+. The van der Waals surface area contributed by atoms with Crippen molar-refractivity contribution in [1.82, 2.24) is 20.2 Å². The van der Waals surface area contributed by atoms with E-state index in [9.17, 15) is 4.79 Å². The number of thioether (sulfide) groups is 1. The van der Waals surface area contributed by atoms with Crippen molar-refractivity contribution in [2.45, 2.75) is 5.16 Å². The molecule has 0 fully saturated rings. The molecule has 3 aromatic rings. The van der Waals surface area contributed by atoms with Crippen LogP contribution < -0.4 is 10.2 Å². The summed E-state index contributed by atoms with van der Waals surface area (Å²) in [5, 5.41) is 16.2. The van der Waals surface area contributed by atoms with Crippen LogP contribution in [0.3, 0.4) is 0 Å². The number of methoxy groups -OCH3 is 2. The number of nitrogens with one attached hydrogen (secondary N) is 1. The highest BCUT2D eigenvalue weighted by atomic mass is 32.2. The van der Waals surface area contributed by atoms with E-state index in [0.717, 1.165) is 17.4 Å². The van der Waals surface area contributed by atoms with E-state index in [1.165, 1.54) is 11.8 Å². The van der Waals surface area contributed by atoms with Crippen molar-refractivity contribution in [3.05, 3.63) is 54.6 Å². The Morgan fingerprint density at radius 3 is 2.52 bits per heavy atom. The highest BCUT2D eigenvalue weighted by Gasteiger charge is 2.19. The average Bonchev–Trinajstić information content (AvgIpc) is 3.19. The van der Waals surface area contributed by atoms with Crippen LogP contribution in [0.1, 0.15) is 0 Å². The van der Waals surface area contributed by atoms with Crippen molar-refractivity contribution in [2.75, 3.05) is 19.6 Å². The van der Waals surface area contributed by atoms with Gasteiger partial charge >= 0.3 is 5.97 Å². The first-order valence-corrected chi connectivity index (χ1v) is 8.60.